The summed E-state index contributed by atoms with van der Waals surface area (Å²) in [5, 5.41) is 8.09. The molecule has 0 fully saturated rings. The Hall–Kier alpha value is -4.70. The number of para-hydroxylation sites is 2. The van der Waals surface area contributed by atoms with Crippen molar-refractivity contribution in [1.82, 2.24) is 10.2 Å². The first-order valence-corrected chi connectivity index (χ1v) is 12.2. The number of nitrogens with one attached hydrogen (secondary N) is 1. The molecule has 1 atom stereocenters. The number of rotatable bonds is 2. The van der Waals surface area contributed by atoms with Gasteiger partial charge in [-0.15, -0.1) is 0 Å². The first-order chi connectivity index (χ1) is 17.8. The quantitative estimate of drug-likeness (QED) is 0.280. The first-order valence-electron chi connectivity index (χ1n) is 12.2. The smallest absolute Gasteiger partial charge is 0.147 e. The molecule has 2 aliphatic heterocycles. The van der Waals surface area contributed by atoms with Crippen molar-refractivity contribution in [2.45, 2.75) is 13.1 Å². The van der Waals surface area contributed by atoms with Crippen LogP contribution >= 0.6 is 0 Å². The van der Waals surface area contributed by atoms with Gasteiger partial charge >= 0.3 is 0 Å². The topological polar surface area (TPSA) is 41.6 Å². The first kappa shape index (κ1) is 19.6. The molecule has 4 heteroatoms. The zero-order valence-electron chi connectivity index (χ0n) is 19.7. The van der Waals surface area contributed by atoms with Crippen LogP contribution in [0.2, 0.25) is 0 Å². The van der Waals surface area contributed by atoms with Gasteiger partial charge in [0.15, 0.2) is 0 Å². The Morgan fingerprint density at radius 3 is 1.94 bits per heavy atom. The molecular formula is C32H22N2O2. The Labute approximate surface area is 207 Å². The highest BCUT2D eigenvalue weighted by molar-refractivity contribution is 6.21. The third-order valence-electron chi connectivity index (χ3n) is 7.46. The Morgan fingerprint density at radius 1 is 0.694 bits per heavy atom. The maximum atomic E-state index is 6.45. The van der Waals surface area contributed by atoms with E-state index in [9.17, 15) is 0 Å². The van der Waals surface area contributed by atoms with Crippen LogP contribution < -0.4 is 5.32 Å². The monoisotopic (exact) mass is 466 g/mol. The van der Waals surface area contributed by atoms with Gasteiger partial charge in [0.25, 0.3) is 0 Å². The average molecular weight is 467 g/mol. The second-order valence-electron chi connectivity index (χ2n) is 9.46. The fourth-order valence-corrected chi connectivity index (χ4v) is 5.71. The maximum absolute atomic E-state index is 6.45. The van der Waals surface area contributed by atoms with E-state index in [0.29, 0.717) is 0 Å². The molecule has 0 saturated heterocycles. The molecule has 2 aliphatic rings. The summed E-state index contributed by atoms with van der Waals surface area (Å²) >= 11 is 0. The predicted molar refractivity (Wildman–Crippen MR) is 146 cm³/mol. The summed E-state index contributed by atoms with van der Waals surface area (Å²) in [6.45, 7) is 2.16. The third-order valence-corrected chi connectivity index (χ3v) is 7.46. The van der Waals surface area contributed by atoms with Gasteiger partial charge in [-0.1, -0.05) is 66.7 Å². The van der Waals surface area contributed by atoms with Gasteiger partial charge in [0.05, 0.1) is 11.3 Å². The molecule has 0 radical (unpaired) electrons. The van der Waals surface area contributed by atoms with Gasteiger partial charge in [-0.25, -0.2) is 0 Å². The Morgan fingerprint density at radius 2 is 1.31 bits per heavy atom. The van der Waals surface area contributed by atoms with Gasteiger partial charge in [0.2, 0.25) is 0 Å². The van der Waals surface area contributed by atoms with Crippen LogP contribution in [0.4, 0.5) is 0 Å². The van der Waals surface area contributed by atoms with Crippen LogP contribution in [0.1, 0.15) is 12.5 Å². The van der Waals surface area contributed by atoms with Crippen LogP contribution in [0.5, 0.6) is 0 Å². The Kier molecular flexibility index (Phi) is 3.89. The molecule has 8 rings (SSSR count). The number of fused-ring (bicyclic) bond motifs is 7. The summed E-state index contributed by atoms with van der Waals surface area (Å²) in [5.41, 5.74) is 9.08. The molecule has 36 heavy (non-hydrogen) atoms. The lowest BCUT2D eigenvalue weighted by Crippen LogP contribution is -2.32. The fraction of sp³-hybridized carbons (Fsp3) is 0.0625. The van der Waals surface area contributed by atoms with Crippen molar-refractivity contribution >= 4 is 49.6 Å². The molecule has 0 amide bonds. The third kappa shape index (κ3) is 2.64. The van der Waals surface area contributed by atoms with E-state index in [1.807, 2.05) is 24.3 Å². The van der Waals surface area contributed by atoms with E-state index in [1.165, 1.54) is 5.70 Å². The summed E-state index contributed by atoms with van der Waals surface area (Å²) in [4.78, 5) is 2.26. The Balaban J connectivity index is 1.36. The lowest BCUT2D eigenvalue weighted by molar-refractivity contribution is 0.402. The summed E-state index contributed by atoms with van der Waals surface area (Å²) in [7, 11) is 0. The minimum atomic E-state index is 0.171. The molecular weight excluding hydrogens is 444 g/mol. The molecule has 1 N–H and O–H groups in total. The molecule has 2 aromatic heterocycles. The van der Waals surface area contributed by atoms with E-state index in [4.69, 9.17) is 8.83 Å². The zero-order chi connectivity index (χ0) is 23.8. The normalized spacial score (nSPS) is 17.1. The SMILES string of the molecule is CC1=C(c2ccc(-c3c4oc5ccccc5c4cc4c3oc3ccccc34)cc2)NC2C=CC=CN12. The molecule has 4 heterocycles. The number of nitrogens with zero attached hydrogens (tertiary/aromatic N) is 1. The highest BCUT2D eigenvalue weighted by atomic mass is 16.3. The number of benzene rings is 4. The van der Waals surface area contributed by atoms with Crippen LogP contribution in [0.3, 0.4) is 0 Å². The summed E-state index contributed by atoms with van der Waals surface area (Å²) < 4.78 is 12.9. The fourth-order valence-electron chi connectivity index (χ4n) is 5.71. The second kappa shape index (κ2) is 7.15. The lowest BCUT2D eigenvalue weighted by atomic mass is 9.97. The van der Waals surface area contributed by atoms with Crippen molar-refractivity contribution in [1.29, 1.82) is 0 Å². The van der Waals surface area contributed by atoms with E-state index in [2.05, 4.69) is 96.2 Å². The molecule has 0 aliphatic carbocycles. The molecule has 4 nitrogen and oxygen atoms in total. The standard InChI is InChI=1S/C32H22N2O2/c1-19-30(33-28-12-6-7-17-34(19)28)21-15-13-20(14-16-21)29-31-24(22-8-2-4-10-26(22)35-31)18-25-23-9-3-5-11-27(23)36-32(25)29/h2-18,28,33H,1H3. The minimum Gasteiger partial charge on any atom is -0.455 e. The summed E-state index contributed by atoms with van der Waals surface area (Å²) in [5.74, 6) is 0. The molecule has 172 valence electrons. The van der Waals surface area contributed by atoms with Gasteiger partial charge < -0.3 is 19.1 Å². The summed E-state index contributed by atoms with van der Waals surface area (Å²) in [6.07, 6.45) is 8.62. The molecule has 0 bridgehead atoms. The number of hydrogen-bond acceptors (Lipinski definition) is 4. The van der Waals surface area contributed by atoms with Crippen molar-refractivity contribution < 1.29 is 8.83 Å². The van der Waals surface area contributed by atoms with E-state index >= 15 is 0 Å². The molecule has 4 aromatic carbocycles. The minimum absolute atomic E-state index is 0.171. The molecule has 0 saturated carbocycles. The largest absolute Gasteiger partial charge is 0.455 e. The second-order valence-corrected chi connectivity index (χ2v) is 9.46. The van der Waals surface area contributed by atoms with E-state index in [-0.39, 0.29) is 6.17 Å². The van der Waals surface area contributed by atoms with E-state index in [0.717, 1.165) is 66.3 Å². The summed E-state index contributed by atoms with van der Waals surface area (Å²) in [6, 6.07) is 27.4. The van der Waals surface area contributed by atoms with E-state index in [1.54, 1.807) is 0 Å². The van der Waals surface area contributed by atoms with Crippen molar-refractivity contribution in [3.63, 3.8) is 0 Å². The molecule has 6 aromatic rings. The average Bonchev–Trinajstić information content (AvgIpc) is 3.59. The van der Waals surface area contributed by atoms with Gasteiger partial charge in [-0.3, -0.25) is 0 Å². The van der Waals surface area contributed by atoms with Gasteiger partial charge in [0, 0.05) is 33.4 Å². The van der Waals surface area contributed by atoms with Gasteiger partial charge in [0.1, 0.15) is 28.5 Å². The highest BCUT2D eigenvalue weighted by Crippen LogP contribution is 2.44. The Bertz CT molecular complexity index is 1840. The number of furan rings is 2. The van der Waals surface area contributed by atoms with Crippen LogP contribution in [0.25, 0.3) is 60.7 Å². The van der Waals surface area contributed by atoms with Crippen LogP contribution in [-0.2, 0) is 0 Å². The van der Waals surface area contributed by atoms with Gasteiger partial charge in [-0.2, -0.15) is 0 Å². The molecule has 1 unspecified atom stereocenters. The maximum Gasteiger partial charge on any atom is 0.147 e. The van der Waals surface area contributed by atoms with Crippen molar-refractivity contribution in [2.75, 3.05) is 0 Å². The van der Waals surface area contributed by atoms with Crippen LogP contribution in [0.15, 0.2) is 118 Å². The lowest BCUT2D eigenvalue weighted by Gasteiger charge is -2.23. The number of hydrogen-bond donors (Lipinski definition) is 1. The van der Waals surface area contributed by atoms with Gasteiger partial charge in [-0.05, 0) is 48.4 Å². The molecule has 0 spiro atoms. The van der Waals surface area contributed by atoms with Crippen LogP contribution in [-0.4, -0.2) is 11.1 Å². The van der Waals surface area contributed by atoms with Crippen molar-refractivity contribution in [2.24, 2.45) is 0 Å². The van der Waals surface area contributed by atoms with Crippen molar-refractivity contribution in [3.05, 3.63) is 115 Å². The van der Waals surface area contributed by atoms with E-state index < -0.39 is 0 Å². The highest BCUT2D eigenvalue weighted by Gasteiger charge is 2.27. The number of allylic oxidation sites excluding steroid dienone is 3. The predicted octanol–water partition coefficient (Wildman–Crippen LogP) is 8.16. The van der Waals surface area contributed by atoms with Crippen molar-refractivity contribution in [3.8, 4) is 11.1 Å². The zero-order valence-corrected chi connectivity index (χ0v) is 19.7. The van der Waals surface area contributed by atoms with Crippen LogP contribution in [0, 0.1) is 0 Å².